The molecule has 94 valence electrons. The van der Waals surface area contributed by atoms with Crippen molar-refractivity contribution in [2.75, 3.05) is 5.73 Å². The lowest BCUT2D eigenvalue weighted by molar-refractivity contribution is 0.627. The van der Waals surface area contributed by atoms with Gasteiger partial charge in [0.15, 0.2) is 0 Å². The van der Waals surface area contributed by atoms with Crippen LogP contribution in [-0.2, 0) is 5.75 Å². The van der Waals surface area contributed by atoms with Gasteiger partial charge in [-0.15, -0.1) is 11.8 Å². The van der Waals surface area contributed by atoms with E-state index in [0.29, 0.717) is 11.4 Å². The molecule has 1 heterocycles. The Morgan fingerprint density at radius 2 is 2.00 bits per heavy atom. The molecule has 2 N–H and O–H groups in total. The highest BCUT2D eigenvalue weighted by atomic mass is 32.2. The van der Waals surface area contributed by atoms with Crippen molar-refractivity contribution < 1.29 is 4.39 Å². The maximum Gasteiger partial charge on any atom is 0.123 e. The van der Waals surface area contributed by atoms with E-state index in [9.17, 15) is 4.39 Å². The zero-order chi connectivity index (χ0) is 13.1. The number of rotatable bonds is 3. The Bertz CT molecular complexity index is 549. The van der Waals surface area contributed by atoms with E-state index in [2.05, 4.69) is 4.98 Å². The standard InChI is InChI=1S/C14H15FN2S/c1-9-5-10(2)17-14(6-9)18-8-11-7-12(15)3-4-13(11)16/h3-7H,8,16H2,1-2H3. The van der Waals surface area contributed by atoms with Crippen LogP contribution in [0, 0.1) is 19.7 Å². The molecule has 0 unspecified atom stereocenters. The minimum atomic E-state index is -0.256. The predicted octanol–water partition coefficient (Wildman–Crippen LogP) is 3.71. The Morgan fingerprint density at radius 3 is 2.72 bits per heavy atom. The number of halogens is 1. The normalized spacial score (nSPS) is 10.6. The Kier molecular flexibility index (Phi) is 3.87. The van der Waals surface area contributed by atoms with Gasteiger partial charge in [-0.2, -0.15) is 0 Å². The summed E-state index contributed by atoms with van der Waals surface area (Å²) in [7, 11) is 0. The third-order valence-electron chi connectivity index (χ3n) is 2.55. The molecule has 2 rings (SSSR count). The van der Waals surface area contributed by atoms with Crippen molar-refractivity contribution in [3.63, 3.8) is 0 Å². The fourth-order valence-electron chi connectivity index (χ4n) is 1.73. The summed E-state index contributed by atoms with van der Waals surface area (Å²) in [6.07, 6.45) is 0. The molecule has 0 radical (unpaired) electrons. The Hall–Kier alpha value is -1.55. The molecule has 2 nitrogen and oxygen atoms in total. The third kappa shape index (κ3) is 3.23. The van der Waals surface area contributed by atoms with Crippen LogP contribution in [0.3, 0.4) is 0 Å². The first-order valence-corrected chi connectivity index (χ1v) is 6.65. The van der Waals surface area contributed by atoms with Gasteiger partial charge in [0.2, 0.25) is 0 Å². The first kappa shape index (κ1) is 12.9. The van der Waals surface area contributed by atoms with Crippen LogP contribution in [0.2, 0.25) is 0 Å². The molecule has 4 heteroatoms. The lowest BCUT2D eigenvalue weighted by Crippen LogP contribution is -1.94. The molecule has 0 atom stereocenters. The molecule has 0 aliphatic carbocycles. The zero-order valence-electron chi connectivity index (χ0n) is 10.4. The van der Waals surface area contributed by atoms with Crippen LogP contribution in [0.5, 0.6) is 0 Å². The summed E-state index contributed by atoms with van der Waals surface area (Å²) in [6, 6.07) is 8.50. The van der Waals surface area contributed by atoms with Gasteiger partial charge in [0.05, 0.1) is 5.03 Å². The highest BCUT2D eigenvalue weighted by Gasteiger charge is 2.04. The number of aryl methyl sites for hydroxylation is 2. The number of nitrogens with zero attached hydrogens (tertiary/aromatic N) is 1. The second-order valence-corrected chi connectivity index (χ2v) is 5.25. The number of hydrogen-bond acceptors (Lipinski definition) is 3. The van der Waals surface area contributed by atoms with Crippen LogP contribution in [-0.4, -0.2) is 4.98 Å². The van der Waals surface area contributed by atoms with Crippen molar-refractivity contribution in [3.05, 3.63) is 53.0 Å². The molecule has 2 aromatic rings. The molecule has 0 spiro atoms. The summed E-state index contributed by atoms with van der Waals surface area (Å²) in [4.78, 5) is 4.43. The monoisotopic (exact) mass is 262 g/mol. The van der Waals surface area contributed by atoms with Gasteiger partial charge in [0.25, 0.3) is 0 Å². The summed E-state index contributed by atoms with van der Waals surface area (Å²) < 4.78 is 13.1. The average Bonchev–Trinajstić information content (AvgIpc) is 2.29. The van der Waals surface area contributed by atoms with Gasteiger partial charge in [-0.05, 0) is 55.3 Å². The molecule has 18 heavy (non-hydrogen) atoms. The number of aromatic nitrogens is 1. The fourth-order valence-corrected chi connectivity index (χ4v) is 2.76. The molecule has 0 saturated carbocycles. The Morgan fingerprint density at radius 1 is 1.22 bits per heavy atom. The van der Waals surface area contributed by atoms with Gasteiger partial charge >= 0.3 is 0 Å². The number of hydrogen-bond donors (Lipinski definition) is 1. The molecule has 1 aromatic carbocycles. The van der Waals surface area contributed by atoms with Gasteiger partial charge in [-0.25, -0.2) is 9.37 Å². The van der Waals surface area contributed by atoms with E-state index >= 15 is 0 Å². The lowest BCUT2D eigenvalue weighted by atomic mass is 10.2. The van der Waals surface area contributed by atoms with E-state index in [1.54, 1.807) is 17.8 Å². The topological polar surface area (TPSA) is 38.9 Å². The first-order chi connectivity index (χ1) is 8.54. The maximum absolute atomic E-state index is 13.1. The van der Waals surface area contributed by atoms with E-state index < -0.39 is 0 Å². The quantitative estimate of drug-likeness (QED) is 0.677. The number of nitrogens with two attached hydrogens (primary N) is 1. The highest BCUT2D eigenvalue weighted by molar-refractivity contribution is 7.98. The summed E-state index contributed by atoms with van der Waals surface area (Å²) in [6.45, 7) is 4.00. The summed E-state index contributed by atoms with van der Waals surface area (Å²) >= 11 is 1.57. The van der Waals surface area contributed by atoms with Crippen LogP contribution < -0.4 is 5.73 Å². The molecule has 0 saturated heterocycles. The fraction of sp³-hybridized carbons (Fsp3) is 0.214. The van der Waals surface area contributed by atoms with Crippen LogP contribution >= 0.6 is 11.8 Å². The summed E-state index contributed by atoms with van der Waals surface area (Å²) in [5, 5.41) is 0.941. The highest BCUT2D eigenvalue weighted by Crippen LogP contribution is 2.25. The van der Waals surface area contributed by atoms with E-state index in [0.717, 1.165) is 16.3 Å². The summed E-state index contributed by atoms with van der Waals surface area (Å²) in [5.74, 6) is 0.368. The molecule has 0 aliphatic rings. The van der Waals surface area contributed by atoms with Crippen molar-refractivity contribution in [1.29, 1.82) is 0 Å². The van der Waals surface area contributed by atoms with Crippen molar-refractivity contribution in [2.45, 2.75) is 24.6 Å². The molecular formula is C14H15FN2S. The third-order valence-corrected chi connectivity index (χ3v) is 3.52. The molecule has 0 bridgehead atoms. The number of pyridine rings is 1. The maximum atomic E-state index is 13.1. The Labute approximate surface area is 110 Å². The number of anilines is 1. The van der Waals surface area contributed by atoms with Crippen molar-refractivity contribution in [3.8, 4) is 0 Å². The van der Waals surface area contributed by atoms with E-state index in [-0.39, 0.29) is 5.82 Å². The van der Waals surface area contributed by atoms with Gasteiger partial charge in [0.1, 0.15) is 5.82 Å². The van der Waals surface area contributed by atoms with Gasteiger partial charge in [-0.3, -0.25) is 0 Å². The second-order valence-electron chi connectivity index (χ2n) is 4.26. The van der Waals surface area contributed by atoms with E-state index in [1.165, 1.54) is 17.7 Å². The first-order valence-electron chi connectivity index (χ1n) is 5.66. The van der Waals surface area contributed by atoms with Crippen LogP contribution in [0.25, 0.3) is 0 Å². The summed E-state index contributed by atoms with van der Waals surface area (Å²) in [5.41, 5.74) is 9.41. The van der Waals surface area contributed by atoms with Crippen molar-refractivity contribution >= 4 is 17.4 Å². The van der Waals surface area contributed by atoms with E-state index in [1.807, 2.05) is 26.0 Å². The molecular weight excluding hydrogens is 247 g/mol. The second kappa shape index (κ2) is 5.40. The van der Waals surface area contributed by atoms with Gasteiger partial charge in [-0.1, -0.05) is 0 Å². The van der Waals surface area contributed by atoms with E-state index in [4.69, 9.17) is 5.73 Å². The molecule has 0 amide bonds. The van der Waals surface area contributed by atoms with Crippen LogP contribution in [0.15, 0.2) is 35.4 Å². The van der Waals surface area contributed by atoms with Crippen molar-refractivity contribution in [2.24, 2.45) is 0 Å². The predicted molar refractivity (Wildman–Crippen MR) is 74.1 cm³/mol. The minimum absolute atomic E-state index is 0.256. The van der Waals surface area contributed by atoms with Crippen LogP contribution in [0.1, 0.15) is 16.8 Å². The Balaban J connectivity index is 2.13. The zero-order valence-corrected chi connectivity index (χ0v) is 11.2. The van der Waals surface area contributed by atoms with Gasteiger partial charge < -0.3 is 5.73 Å². The van der Waals surface area contributed by atoms with Gasteiger partial charge in [0, 0.05) is 17.1 Å². The smallest absolute Gasteiger partial charge is 0.123 e. The number of benzene rings is 1. The van der Waals surface area contributed by atoms with Crippen LogP contribution in [0.4, 0.5) is 10.1 Å². The van der Waals surface area contributed by atoms with Crippen molar-refractivity contribution in [1.82, 2.24) is 4.98 Å². The lowest BCUT2D eigenvalue weighted by Gasteiger charge is -2.06. The SMILES string of the molecule is Cc1cc(C)nc(SCc2cc(F)ccc2N)c1. The molecule has 0 aliphatic heterocycles. The number of thioether (sulfide) groups is 1. The average molecular weight is 262 g/mol. The molecule has 0 fully saturated rings. The largest absolute Gasteiger partial charge is 0.398 e. The number of nitrogen functional groups attached to an aromatic ring is 1. The molecule has 1 aromatic heterocycles. The minimum Gasteiger partial charge on any atom is -0.398 e.